The number of amides is 2. The quantitative estimate of drug-likeness (QED) is 0.240. The van der Waals surface area contributed by atoms with Crippen molar-refractivity contribution in [1.82, 2.24) is 30.2 Å². The van der Waals surface area contributed by atoms with Gasteiger partial charge in [-0.25, -0.2) is 4.39 Å². The highest BCUT2D eigenvalue weighted by Gasteiger charge is 2.12. The number of anilines is 2. The normalized spacial score (nSPS) is 10.8. The van der Waals surface area contributed by atoms with Crippen LogP contribution in [-0.2, 0) is 42.3 Å². The molecule has 0 aliphatic carbocycles. The third kappa shape index (κ3) is 8.37. The second-order valence-corrected chi connectivity index (χ2v) is 9.91. The van der Waals surface area contributed by atoms with Crippen molar-refractivity contribution in [1.29, 1.82) is 0 Å². The Bertz CT molecular complexity index is 1410. The molecule has 2 N–H and O–H groups in total. The van der Waals surface area contributed by atoms with Gasteiger partial charge < -0.3 is 15.4 Å². The van der Waals surface area contributed by atoms with E-state index in [4.69, 9.17) is 4.74 Å². The first-order valence-corrected chi connectivity index (χ1v) is 13.2. The van der Waals surface area contributed by atoms with Crippen LogP contribution in [0.15, 0.2) is 42.6 Å². The van der Waals surface area contributed by atoms with Crippen molar-refractivity contribution >= 4 is 34.1 Å². The van der Waals surface area contributed by atoms with Crippen molar-refractivity contribution in [2.24, 2.45) is 7.05 Å². The number of nitrogens with one attached hydrogen (secondary N) is 2. The first kappa shape index (κ1) is 27.8. The highest BCUT2D eigenvalue weighted by molar-refractivity contribution is 7.15. The summed E-state index contributed by atoms with van der Waals surface area (Å²) in [5.74, 6) is 0.331. The fourth-order valence-corrected chi connectivity index (χ4v) is 4.58. The summed E-state index contributed by atoms with van der Waals surface area (Å²) < 4.78 is 18.9. The maximum absolute atomic E-state index is 12.3. The number of nitrogens with zero attached hydrogens (tertiary/aromatic N) is 6. The summed E-state index contributed by atoms with van der Waals surface area (Å²) >= 11 is 1.37. The summed E-state index contributed by atoms with van der Waals surface area (Å²) in [5, 5.41) is 27.5. The number of ether oxygens (including phenoxy) is 1. The van der Waals surface area contributed by atoms with E-state index in [0.717, 1.165) is 47.6 Å². The lowest BCUT2D eigenvalue weighted by molar-refractivity contribution is -0.116. The fraction of sp³-hybridized carbons (Fsp3) is 0.346. The first-order valence-electron chi connectivity index (χ1n) is 12.4. The molecule has 4 aromatic rings. The number of carbonyl (C=O) groups is 2. The van der Waals surface area contributed by atoms with Crippen molar-refractivity contribution in [3.63, 3.8) is 0 Å². The molecule has 1 aromatic carbocycles. The number of halogens is 1. The van der Waals surface area contributed by atoms with Crippen LogP contribution in [-0.4, -0.2) is 48.9 Å². The molecule has 39 heavy (non-hydrogen) atoms. The van der Waals surface area contributed by atoms with Gasteiger partial charge in [0.15, 0.2) is 5.82 Å². The second-order valence-electron chi connectivity index (χ2n) is 8.85. The van der Waals surface area contributed by atoms with Crippen LogP contribution in [0.4, 0.5) is 15.3 Å². The molecular formula is C26H29FN8O3S. The van der Waals surface area contributed by atoms with E-state index in [9.17, 15) is 14.0 Å². The molecule has 13 heteroatoms. The maximum atomic E-state index is 12.3. The Hall–Kier alpha value is -4.26. The number of carbonyl (C=O) groups excluding carboxylic acids is 2. The Morgan fingerprint density at radius 2 is 1.82 bits per heavy atom. The van der Waals surface area contributed by atoms with E-state index in [0.29, 0.717) is 22.3 Å². The fourth-order valence-electron chi connectivity index (χ4n) is 3.78. The predicted molar refractivity (Wildman–Crippen MR) is 144 cm³/mol. The molecule has 0 atom stereocenters. The molecule has 204 valence electrons. The predicted octanol–water partition coefficient (Wildman–Crippen LogP) is 3.60. The number of benzene rings is 1. The summed E-state index contributed by atoms with van der Waals surface area (Å²) in [4.78, 5) is 24.6. The van der Waals surface area contributed by atoms with Crippen LogP contribution < -0.4 is 15.4 Å². The number of rotatable bonds is 13. The number of hydrogen-bond donors (Lipinski definition) is 2. The van der Waals surface area contributed by atoms with Gasteiger partial charge in [-0.3, -0.25) is 14.3 Å². The van der Waals surface area contributed by atoms with E-state index in [1.165, 1.54) is 11.3 Å². The average Bonchev–Trinajstić information content (AvgIpc) is 3.49. The zero-order valence-electron chi connectivity index (χ0n) is 21.7. The van der Waals surface area contributed by atoms with E-state index in [-0.39, 0.29) is 24.7 Å². The number of unbranched alkanes of at least 4 members (excludes halogenated alkanes) is 1. The topological polar surface area (TPSA) is 137 Å². The van der Waals surface area contributed by atoms with E-state index in [1.807, 2.05) is 20.0 Å². The van der Waals surface area contributed by atoms with Crippen LogP contribution in [0.5, 0.6) is 5.75 Å². The van der Waals surface area contributed by atoms with Crippen LogP contribution in [0.3, 0.4) is 0 Å². The smallest absolute Gasteiger partial charge is 0.230 e. The SMILES string of the molecule is Cc1c(CC(=O)Nc2nnc(CCCCc3ccc(NC(=O)Cc4cccc(OCF)c4)nn3)s2)cnn1C. The van der Waals surface area contributed by atoms with Gasteiger partial charge in [-0.15, -0.1) is 15.3 Å². The zero-order chi connectivity index (χ0) is 27.6. The largest absolute Gasteiger partial charge is 0.463 e. The van der Waals surface area contributed by atoms with Crippen LogP contribution in [0, 0.1) is 6.92 Å². The molecule has 4 rings (SSSR count). The van der Waals surface area contributed by atoms with E-state index in [2.05, 4.69) is 36.1 Å². The Kier molecular flexibility index (Phi) is 9.62. The van der Waals surface area contributed by atoms with Crippen molar-refractivity contribution in [3.8, 4) is 5.75 Å². The Morgan fingerprint density at radius 1 is 1.00 bits per heavy atom. The third-order valence-electron chi connectivity index (χ3n) is 5.95. The Labute approximate surface area is 228 Å². The molecule has 0 aliphatic heterocycles. The van der Waals surface area contributed by atoms with E-state index < -0.39 is 6.86 Å². The summed E-state index contributed by atoms with van der Waals surface area (Å²) in [6.45, 7) is 1.00. The first-order chi connectivity index (χ1) is 18.9. The molecule has 0 bridgehead atoms. The van der Waals surface area contributed by atoms with Gasteiger partial charge in [-0.05, 0) is 56.0 Å². The summed E-state index contributed by atoms with van der Waals surface area (Å²) in [6, 6.07) is 10.3. The molecule has 0 aliphatic rings. The van der Waals surface area contributed by atoms with Gasteiger partial charge in [0, 0.05) is 24.7 Å². The highest BCUT2D eigenvalue weighted by atomic mass is 32.1. The Morgan fingerprint density at radius 3 is 2.56 bits per heavy atom. The van der Waals surface area contributed by atoms with Crippen molar-refractivity contribution in [2.75, 3.05) is 17.5 Å². The molecule has 0 fully saturated rings. The van der Waals surface area contributed by atoms with Gasteiger partial charge in [-0.2, -0.15) is 10.2 Å². The Balaban J connectivity index is 1.15. The van der Waals surface area contributed by atoms with Crippen LogP contribution >= 0.6 is 11.3 Å². The van der Waals surface area contributed by atoms with Crippen LogP contribution in [0.1, 0.15) is 40.4 Å². The minimum Gasteiger partial charge on any atom is -0.463 e. The van der Waals surface area contributed by atoms with Crippen LogP contribution in [0.25, 0.3) is 0 Å². The lowest BCUT2D eigenvalue weighted by Crippen LogP contribution is -2.16. The monoisotopic (exact) mass is 552 g/mol. The van der Waals surface area contributed by atoms with Gasteiger partial charge in [0.1, 0.15) is 10.8 Å². The summed E-state index contributed by atoms with van der Waals surface area (Å²) in [7, 11) is 1.84. The average molecular weight is 553 g/mol. The van der Waals surface area contributed by atoms with Gasteiger partial charge in [0.25, 0.3) is 0 Å². The second kappa shape index (κ2) is 13.5. The minimum atomic E-state index is -0.923. The summed E-state index contributed by atoms with van der Waals surface area (Å²) in [5.41, 5.74) is 3.36. The molecule has 0 saturated carbocycles. The molecule has 2 amide bonds. The van der Waals surface area contributed by atoms with Crippen LogP contribution in [0.2, 0.25) is 0 Å². The maximum Gasteiger partial charge on any atom is 0.230 e. The molecule has 3 aromatic heterocycles. The molecule has 0 spiro atoms. The zero-order valence-corrected chi connectivity index (χ0v) is 22.5. The number of hydrogen-bond acceptors (Lipinski definition) is 9. The van der Waals surface area contributed by atoms with Gasteiger partial charge in [0.2, 0.25) is 23.8 Å². The molecule has 0 radical (unpaired) electrons. The third-order valence-corrected chi connectivity index (χ3v) is 6.84. The molecule has 11 nitrogen and oxygen atoms in total. The standard InChI is InChI=1S/C26H29FN8O3S/c1-17-19(15-28-35(17)2)14-24(37)30-26-34-33-25(39-26)9-4-3-7-20-10-11-22(32-31-20)29-23(36)13-18-6-5-8-21(12-18)38-16-27/h5-6,8,10-12,15H,3-4,7,9,13-14,16H2,1-2H3,(H,29,32,36)(H,30,34,37). The van der Waals surface area contributed by atoms with Crippen molar-refractivity contribution in [2.45, 2.75) is 45.4 Å². The van der Waals surface area contributed by atoms with Crippen molar-refractivity contribution < 1.29 is 18.7 Å². The van der Waals surface area contributed by atoms with Crippen molar-refractivity contribution in [3.05, 3.63) is 70.1 Å². The molecule has 3 heterocycles. The lowest BCUT2D eigenvalue weighted by Gasteiger charge is -2.06. The number of alkyl halides is 1. The minimum absolute atomic E-state index is 0.105. The van der Waals surface area contributed by atoms with Gasteiger partial charge in [-0.1, -0.05) is 23.5 Å². The molecule has 0 unspecified atom stereocenters. The lowest BCUT2D eigenvalue weighted by atomic mass is 10.1. The van der Waals surface area contributed by atoms with E-state index >= 15 is 0 Å². The van der Waals surface area contributed by atoms with Gasteiger partial charge in [0.05, 0.1) is 24.7 Å². The highest BCUT2D eigenvalue weighted by Crippen LogP contribution is 2.19. The number of aromatic nitrogens is 6. The molecule has 0 saturated heterocycles. The van der Waals surface area contributed by atoms with Gasteiger partial charge >= 0.3 is 0 Å². The molecular weight excluding hydrogens is 523 g/mol. The number of aryl methyl sites for hydroxylation is 3. The summed E-state index contributed by atoms with van der Waals surface area (Å²) in [6.07, 6.45) is 5.27. The van der Waals surface area contributed by atoms with E-state index in [1.54, 1.807) is 41.2 Å².